The van der Waals surface area contributed by atoms with Gasteiger partial charge in [-0.15, -0.1) is 0 Å². The molecule has 1 aliphatic rings. The van der Waals surface area contributed by atoms with E-state index in [1.54, 1.807) is 12.4 Å². The second kappa shape index (κ2) is 5.95. The third-order valence-corrected chi connectivity index (χ3v) is 3.54. The molecule has 4 heteroatoms. The number of carbonyl (C=O) groups excluding carboxylic acids is 1. The number of pyridine rings is 1. The fourth-order valence-electron chi connectivity index (χ4n) is 2.53. The molecular weight excluding hydrogens is 264 g/mol. The molecule has 0 fully saturated rings. The van der Waals surface area contributed by atoms with E-state index in [9.17, 15) is 4.79 Å². The molecule has 1 atom stereocenters. The third kappa shape index (κ3) is 3.40. The molecule has 108 valence electrons. The molecule has 2 heterocycles. The quantitative estimate of drug-likeness (QED) is 0.938. The lowest BCUT2D eigenvalue weighted by atomic mass is 10.1. The lowest BCUT2D eigenvalue weighted by Gasteiger charge is -2.07. The Labute approximate surface area is 124 Å². The highest BCUT2D eigenvalue weighted by molar-refractivity contribution is 5.91. The van der Waals surface area contributed by atoms with Gasteiger partial charge in [0, 0.05) is 30.9 Å². The molecule has 0 bridgehead atoms. The Bertz CT molecular complexity index is 640. The first-order chi connectivity index (χ1) is 10.2. The van der Waals surface area contributed by atoms with E-state index >= 15 is 0 Å². The van der Waals surface area contributed by atoms with Gasteiger partial charge in [0.05, 0.1) is 0 Å². The topological polar surface area (TPSA) is 51.2 Å². The van der Waals surface area contributed by atoms with Crippen molar-refractivity contribution in [2.24, 2.45) is 0 Å². The zero-order valence-electron chi connectivity index (χ0n) is 12.0. The van der Waals surface area contributed by atoms with Crippen molar-refractivity contribution in [1.82, 2.24) is 4.98 Å². The average molecular weight is 282 g/mol. The number of ether oxygens (including phenoxy) is 1. The second-order valence-electron chi connectivity index (χ2n) is 5.36. The van der Waals surface area contributed by atoms with Gasteiger partial charge < -0.3 is 10.1 Å². The zero-order chi connectivity index (χ0) is 14.7. The predicted octanol–water partition coefficient (Wildman–Crippen LogP) is 2.98. The van der Waals surface area contributed by atoms with E-state index in [0.29, 0.717) is 12.8 Å². The fraction of sp³-hybridized carbons (Fsp3) is 0.294. The second-order valence-corrected chi connectivity index (χ2v) is 5.36. The van der Waals surface area contributed by atoms with Crippen LogP contribution < -0.4 is 10.1 Å². The average Bonchev–Trinajstić information content (AvgIpc) is 2.85. The summed E-state index contributed by atoms with van der Waals surface area (Å²) >= 11 is 0. The summed E-state index contributed by atoms with van der Waals surface area (Å²) < 4.78 is 5.65. The first-order valence-electron chi connectivity index (χ1n) is 7.19. The Morgan fingerprint density at radius 2 is 2.33 bits per heavy atom. The van der Waals surface area contributed by atoms with E-state index in [-0.39, 0.29) is 12.0 Å². The monoisotopic (exact) mass is 282 g/mol. The normalized spacial score (nSPS) is 16.1. The van der Waals surface area contributed by atoms with Gasteiger partial charge >= 0.3 is 0 Å². The van der Waals surface area contributed by atoms with Gasteiger partial charge in [0.2, 0.25) is 5.91 Å². The molecule has 0 aliphatic carbocycles. The highest BCUT2D eigenvalue weighted by Crippen LogP contribution is 2.30. The van der Waals surface area contributed by atoms with Crippen LogP contribution in [0, 0.1) is 0 Å². The number of nitrogens with one attached hydrogen (secondary N) is 1. The van der Waals surface area contributed by atoms with E-state index in [0.717, 1.165) is 29.0 Å². The van der Waals surface area contributed by atoms with E-state index in [1.807, 2.05) is 37.3 Å². The molecule has 4 nitrogen and oxygen atoms in total. The Morgan fingerprint density at radius 3 is 3.14 bits per heavy atom. The first-order valence-corrected chi connectivity index (χ1v) is 7.19. The van der Waals surface area contributed by atoms with Crippen LogP contribution in [0.25, 0.3) is 0 Å². The summed E-state index contributed by atoms with van der Waals surface area (Å²) in [7, 11) is 0. The summed E-state index contributed by atoms with van der Waals surface area (Å²) in [5.41, 5.74) is 3.07. The summed E-state index contributed by atoms with van der Waals surface area (Å²) in [6, 6.07) is 9.68. The van der Waals surface area contributed by atoms with E-state index in [1.165, 1.54) is 0 Å². The van der Waals surface area contributed by atoms with Crippen molar-refractivity contribution in [3.8, 4) is 5.75 Å². The van der Waals surface area contributed by atoms with Gasteiger partial charge in [0.15, 0.2) is 0 Å². The summed E-state index contributed by atoms with van der Waals surface area (Å²) in [6.45, 7) is 2.05. The number of carbonyl (C=O) groups is 1. The number of amides is 1. The minimum absolute atomic E-state index is 0.0192. The van der Waals surface area contributed by atoms with Crippen molar-refractivity contribution < 1.29 is 9.53 Å². The molecule has 1 aromatic carbocycles. The van der Waals surface area contributed by atoms with Crippen molar-refractivity contribution in [3.05, 3.63) is 53.9 Å². The molecule has 2 aromatic rings. The molecule has 0 saturated heterocycles. The molecular formula is C17H18N2O2. The number of aromatic nitrogens is 1. The summed E-state index contributed by atoms with van der Waals surface area (Å²) in [4.78, 5) is 16.0. The lowest BCUT2D eigenvalue weighted by Crippen LogP contribution is -2.12. The third-order valence-electron chi connectivity index (χ3n) is 3.54. The van der Waals surface area contributed by atoms with Crippen LogP contribution in [-0.2, 0) is 17.6 Å². The van der Waals surface area contributed by atoms with Crippen LogP contribution in [0.3, 0.4) is 0 Å². The number of aryl methyl sites for hydroxylation is 1. The van der Waals surface area contributed by atoms with E-state index in [2.05, 4.69) is 10.3 Å². The van der Waals surface area contributed by atoms with Gasteiger partial charge in [-0.3, -0.25) is 9.78 Å². The van der Waals surface area contributed by atoms with Gasteiger partial charge in [-0.1, -0.05) is 6.07 Å². The molecule has 0 radical (unpaired) electrons. The van der Waals surface area contributed by atoms with Crippen LogP contribution in [0.15, 0.2) is 42.7 Å². The van der Waals surface area contributed by atoms with Crippen LogP contribution in [0.2, 0.25) is 0 Å². The van der Waals surface area contributed by atoms with Crippen LogP contribution in [0.1, 0.15) is 24.5 Å². The minimum Gasteiger partial charge on any atom is -0.490 e. The van der Waals surface area contributed by atoms with E-state index in [4.69, 9.17) is 4.74 Å². The maximum Gasteiger partial charge on any atom is 0.224 e. The minimum atomic E-state index is 0.0192. The van der Waals surface area contributed by atoms with Crippen LogP contribution in [-0.4, -0.2) is 17.0 Å². The Hall–Kier alpha value is -2.36. The molecule has 0 saturated carbocycles. The maximum absolute atomic E-state index is 12.0. The van der Waals surface area contributed by atoms with Crippen molar-refractivity contribution in [3.63, 3.8) is 0 Å². The summed E-state index contributed by atoms with van der Waals surface area (Å²) in [6.07, 6.45) is 5.80. The highest BCUT2D eigenvalue weighted by Gasteiger charge is 2.19. The van der Waals surface area contributed by atoms with Gasteiger partial charge in [0.1, 0.15) is 11.9 Å². The molecule has 1 N–H and O–H groups in total. The zero-order valence-corrected chi connectivity index (χ0v) is 12.0. The Morgan fingerprint density at radius 1 is 1.43 bits per heavy atom. The number of hydrogen-bond acceptors (Lipinski definition) is 3. The van der Waals surface area contributed by atoms with E-state index < -0.39 is 0 Å². The largest absolute Gasteiger partial charge is 0.490 e. The maximum atomic E-state index is 12.0. The van der Waals surface area contributed by atoms with Gasteiger partial charge in [-0.05, 0) is 48.7 Å². The molecule has 1 aliphatic heterocycles. The van der Waals surface area contributed by atoms with Gasteiger partial charge in [0.25, 0.3) is 0 Å². The number of hydrogen-bond donors (Lipinski definition) is 1. The number of fused-ring (bicyclic) bond motifs is 1. The molecule has 1 amide bonds. The number of rotatable bonds is 4. The SMILES string of the molecule is CC1Cc2cc(NC(=O)CCc3cccnc3)ccc2O1. The highest BCUT2D eigenvalue weighted by atomic mass is 16.5. The predicted molar refractivity (Wildman–Crippen MR) is 81.4 cm³/mol. The van der Waals surface area contributed by atoms with Crippen LogP contribution >= 0.6 is 0 Å². The first kappa shape index (κ1) is 13.6. The van der Waals surface area contributed by atoms with Crippen molar-refractivity contribution in [1.29, 1.82) is 0 Å². The van der Waals surface area contributed by atoms with Gasteiger partial charge in [-0.2, -0.15) is 0 Å². The Balaban J connectivity index is 1.57. The number of benzene rings is 1. The molecule has 3 rings (SSSR count). The molecule has 0 spiro atoms. The van der Waals surface area contributed by atoms with Crippen molar-refractivity contribution >= 4 is 11.6 Å². The standard InChI is InChI=1S/C17H18N2O2/c1-12-9-14-10-15(5-6-16(14)21-12)19-17(20)7-4-13-3-2-8-18-11-13/h2-3,5-6,8,10-12H,4,7,9H2,1H3,(H,19,20). The lowest BCUT2D eigenvalue weighted by molar-refractivity contribution is -0.116. The summed E-state index contributed by atoms with van der Waals surface area (Å²) in [5.74, 6) is 0.946. The molecule has 1 aromatic heterocycles. The molecule has 21 heavy (non-hydrogen) atoms. The Kier molecular flexibility index (Phi) is 3.86. The number of anilines is 1. The summed E-state index contributed by atoms with van der Waals surface area (Å²) in [5, 5.41) is 2.94. The smallest absolute Gasteiger partial charge is 0.224 e. The molecule has 1 unspecified atom stereocenters. The fourth-order valence-corrected chi connectivity index (χ4v) is 2.53. The van der Waals surface area contributed by atoms with Crippen LogP contribution in [0.5, 0.6) is 5.75 Å². The van der Waals surface area contributed by atoms with Gasteiger partial charge in [-0.25, -0.2) is 0 Å². The van der Waals surface area contributed by atoms with Crippen LogP contribution in [0.4, 0.5) is 5.69 Å². The van der Waals surface area contributed by atoms with Crippen molar-refractivity contribution in [2.45, 2.75) is 32.3 Å². The van der Waals surface area contributed by atoms with Crippen molar-refractivity contribution in [2.75, 3.05) is 5.32 Å². The number of nitrogens with zero attached hydrogens (tertiary/aromatic N) is 1.